The fraction of sp³-hybridized carbons (Fsp3) is 0.533. The van der Waals surface area contributed by atoms with Crippen LogP contribution in [0.2, 0.25) is 5.02 Å². The minimum absolute atomic E-state index is 0.0332. The first kappa shape index (κ1) is 15.0. The summed E-state index contributed by atoms with van der Waals surface area (Å²) in [6, 6.07) is 5.72. The highest BCUT2D eigenvalue weighted by Gasteiger charge is 2.15. The molecule has 1 saturated carbocycles. The summed E-state index contributed by atoms with van der Waals surface area (Å²) < 4.78 is 5.14. The third kappa shape index (κ3) is 4.30. The van der Waals surface area contributed by atoms with E-state index in [1.165, 1.54) is 19.3 Å². The lowest BCUT2D eigenvalue weighted by molar-refractivity contribution is -0.120. The molecule has 0 aromatic heterocycles. The molecule has 110 valence electrons. The summed E-state index contributed by atoms with van der Waals surface area (Å²) in [6.45, 7) is 0.265. The molecule has 4 nitrogen and oxygen atoms in total. The first-order chi connectivity index (χ1) is 9.69. The van der Waals surface area contributed by atoms with Crippen LogP contribution in [0.1, 0.15) is 32.1 Å². The van der Waals surface area contributed by atoms with Gasteiger partial charge in [0.05, 0.1) is 18.7 Å². The van der Waals surface area contributed by atoms with Gasteiger partial charge in [-0.1, -0.05) is 30.9 Å². The largest absolute Gasteiger partial charge is 0.495 e. The summed E-state index contributed by atoms with van der Waals surface area (Å²) in [5.41, 5.74) is 0.824. The van der Waals surface area contributed by atoms with Gasteiger partial charge in [-0.2, -0.15) is 0 Å². The Hall–Kier alpha value is -1.42. The molecular formula is C15H21ClN2O2. The molecule has 2 rings (SSSR count). The molecule has 1 fully saturated rings. The molecule has 2 N–H and O–H groups in total. The van der Waals surface area contributed by atoms with Crippen molar-refractivity contribution in [2.45, 2.75) is 38.1 Å². The van der Waals surface area contributed by atoms with Crippen molar-refractivity contribution in [3.63, 3.8) is 0 Å². The van der Waals surface area contributed by atoms with E-state index in [0.717, 1.165) is 18.5 Å². The predicted molar refractivity (Wildman–Crippen MR) is 81.5 cm³/mol. The summed E-state index contributed by atoms with van der Waals surface area (Å²) in [4.78, 5) is 11.9. The lowest BCUT2D eigenvalue weighted by Gasteiger charge is -2.22. The van der Waals surface area contributed by atoms with Crippen LogP contribution in [0.3, 0.4) is 0 Å². The molecule has 20 heavy (non-hydrogen) atoms. The fourth-order valence-electron chi connectivity index (χ4n) is 2.48. The molecule has 5 heteroatoms. The molecular weight excluding hydrogens is 276 g/mol. The number of hydrogen-bond donors (Lipinski definition) is 2. The van der Waals surface area contributed by atoms with Gasteiger partial charge in [-0.25, -0.2) is 0 Å². The van der Waals surface area contributed by atoms with Gasteiger partial charge in [0.2, 0.25) is 5.91 Å². The number of methoxy groups -OCH3 is 1. The highest BCUT2D eigenvalue weighted by atomic mass is 35.5. The second-order valence-electron chi connectivity index (χ2n) is 5.11. The van der Waals surface area contributed by atoms with Gasteiger partial charge in [0.1, 0.15) is 5.75 Å². The quantitative estimate of drug-likeness (QED) is 0.877. The monoisotopic (exact) mass is 296 g/mol. The number of anilines is 1. The molecule has 0 radical (unpaired) electrons. The van der Waals surface area contributed by atoms with Crippen LogP contribution in [0.4, 0.5) is 5.69 Å². The number of benzene rings is 1. The zero-order chi connectivity index (χ0) is 14.4. The van der Waals surface area contributed by atoms with Gasteiger partial charge < -0.3 is 15.4 Å². The fourth-order valence-corrected chi connectivity index (χ4v) is 2.67. The Morgan fingerprint density at radius 3 is 2.80 bits per heavy atom. The van der Waals surface area contributed by atoms with Gasteiger partial charge >= 0.3 is 0 Å². The molecule has 1 aromatic carbocycles. The van der Waals surface area contributed by atoms with Crippen LogP contribution in [-0.2, 0) is 4.79 Å². The second-order valence-corrected chi connectivity index (χ2v) is 5.51. The van der Waals surface area contributed by atoms with Crippen LogP contribution in [0.15, 0.2) is 18.2 Å². The average Bonchev–Trinajstić information content (AvgIpc) is 2.47. The van der Waals surface area contributed by atoms with Crippen molar-refractivity contribution in [1.82, 2.24) is 5.32 Å². The predicted octanol–water partition coefficient (Wildman–Crippen LogP) is 3.21. The summed E-state index contributed by atoms with van der Waals surface area (Å²) in [7, 11) is 1.57. The molecule has 0 spiro atoms. The van der Waals surface area contributed by atoms with Crippen molar-refractivity contribution in [1.29, 1.82) is 0 Å². The van der Waals surface area contributed by atoms with Crippen LogP contribution in [0.5, 0.6) is 5.75 Å². The molecule has 1 amide bonds. The summed E-state index contributed by atoms with van der Waals surface area (Å²) in [6.07, 6.45) is 5.91. The van der Waals surface area contributed by atoms with Gasteiger partial charge in [0.15, 0.2) is 0 Å². The molecule has 0 saturated heterocycles. The number of carbonyl (C=O) groups excluding carboxylic acids is 1. The highest BCUT2D eigenvalue weighted by molar-refractivity contribution is 6.32. The summed E-state index contributed by atoms with van der Waals surface area (Å²) >= 11 is 5.96. The second kappa shape index (κ2) is 7.39. The maximum Gasteiger partial charge on any atom is 0.239 e. The Balaban J connectivity index is 1.80. The Kier molecular flexibility index (Phi) is 5.53. The van der Waals surface area contributed by atoms with E-state index in [1.54, 1.807) is 19.2 Å². The van der Waals surface area contributed by atoms with E-state index in [9.17, 15) is 4.79 Å². The molecule has 1 aromatic rings. The van der Waals surface area contributed by atoms with Crippen molar-refractivity contribution < 1.29 is 9.53 Å². The van der Waals surface area contributed by atoms with Crippen LogP contribution in [0, 0.1) is 0 Å². The number of ether oxygens (including phenoxy) is 1. The lowest BCUT2D eigenvalue weighted by Crippen LogP contribution is -2.39. The standard InChI is InChI=1S/C15H21ClN2O2/c1-20-14-9-12(7-8-13(14)16)17-10-15(19)18-11-5-3-2-4-6-11/h7-9,11,17H,2-6,10H2,1H3,(H,18,19). The molecule has 1 aliphatic rings. The van der Waals surface area contributed by atoms with Crippen molar-refractivity contribution >= 4 is 23.2 Å². The van der Waals surface area contributed by atoms with E-state index in [2.05, 4.69) is 10.6 Å². The summed E-state index contributed by atoms with van der Waals surface area (Å²) in [5.74, 6) is 0.634. The first-order valence-electron chi connectivity index (χ1n) is 7.06. The third-order valence-electron chi connectivity index (χ3n) is 3.57. The SMILES string of the molecule is COc1cc(NCC(=O)NC2CCCCC2)ccc1Cl. The maximum atomic E-state index is 11.9. The molecule has 0 bridgehead atoms. The van der Waals surface area contributed by atoms with E-state index in [-0.39, 0.29) is 12.5 Å². The Labute approximate surface area is 124 Å². The van der Waals surface area contributed by atoms with Gasteiger partial charge in [-0.15, -0.1) is 0 Å². The first-order valence-corrected chi connectivity index (χ1v) is 7.43. The average molecular weight is 297 g/mol. The minimum Gasteiger partial charge on any atom is -0.495 e. The number of nitrogens with one attached hydrogen (secondary N) is 2. The zero-order valence-electron chi connectivity index (χ0n) is 11.7. The molecule has 0 unspecified atom stereocenters. The van der Waals surface area contributed by atoms with E-state index in [0.29, 0.717) is 16.8 Å². The Morgan fingerprint density at radius 2 is 2.10 bits per heavy atom. The van der Waals surface area contributed by atoms with Gasteiger partial charge in [-0.05, 0) is 25.0 Å². The van der Waals surface area contributed by atoms with Gasteiger partial charge in [-0.3, -0.25) is 4.79 Å². The highest BCUT2D eigenvalue weighted by Crippen LogP contribution is 2.27. The molecule has 0 heterocycles. The maximum absolute atomic E-state index is 11.9. The van der Waals surface area contributed by atoms with Crippen LogP contribution >= 0.6 is 11.6 Å². The molecule has 0 atom stereocenters. The van der Waals surface area contributed by atoms with Gasteiger partial charge in [0.25, 0.3) is 0 Å². The van der Waals surface area contributed by atoms with Crippen molar-refractivity contribution in [3.8, 4) is 5.75 Å². The van der Waals surface area contributed by atoms with Crippen LogP contribution < -0.4 is 15.4 Å². The molecule has 0 aliphatic heterocycles. The number of carbonyl (C=O) groups is 1. The van der Waals surface area contributed by atoms with Crippen LogP contribution in [-0.4, -0.2) is 25.6 Å². The lowest BCUT2D eigenvalue weighted by atomic mass is 9.95. The topological polar surface area (TPSA) is 50.4 Å². The van der Waals surface area contributed by atoms with E-state index in [4.69, 9.17) is 16.3 Å². The van der Waals surface area contributed by atoms with E-state index in [1.807, 2.05) is 6.07 Å². The summed E-state index contributed by atoms with van der Waals surface area (Å²) in [5, 5.41) is 6.72. The van der Waals surface area contributed by atoms with Crippen LogP contribution in [0.25, 0.3) is 0 Å². The third-order valence-corrected chi connectivity index (χ3v) is 3.89. The smallest absolute Gasteiger partial charge is 0.239 e. The van der Waals surface area contributed by atoms with Crippen molar-refractivity contribution in [2.75, 3.05) is 19.0 Å². The number of hydrogen-bond acceptors (Lipinski definition) is 3. The zero-order valence-corrected chi connectivity index (χ0v) is 12.5. The number of amides is 1. The molecule has 1 aliphatic carbocycles. The van der Waals surface area contributed by atoms with E-state index >= 15 is 0 Å². The van der Waals surface area contributed by atoms with E-state index < -0.39 is 0 Å². The number of rotatable bonds is 5. The number of halogens is 1. The minimum atomic E-state index is 0.0332. The normalized spacial score (nSPS) is 15.7. The van der Waals surface area contributed by atoms with Crippen molar-refractivity contribution in [3.05, 3.63) is 23.2 Å². The Bertz CT molecular complexity index is 459. The van der Waals surface area contributed by atoms with Crippen molar-refractivity contribution in [2.24, 2.45) is 0 Å². The van der Waals surface area contributed by atoms with Gasteiger partial charge in [0, 0.05) is 17.8 Å². The Morgan fingerprint density at radius 1 is 1.35 bits per heavy atom.